The van der Waals surface area contributed by atoms with E-state index in [0.29, 0.717) is 28.7 Å². The molecule has 0 aliphatic carbocycles. The molecule has 7 nitrogen and oxygen atoms in total. The first-order chi connectivity index (χ1) is 13.2. The first-order valence-corrected chi connectivity index (χ1v) is 8.79. The Balaban J connectivity index is 1.51. The van der Waals surface area contributed by atoms with Crippen LogP contribution in [0.2, 0.25) is 0 Å². The maximum absolute atomic E-state index is 12.9. The van der Waals surface area contributed by atoms with Crippen LogP contribution in [0.15, 0.2) is 43.0 Å². The molecule has 4 rings (SSSR count). The lowest BCUT2D eigenvalue weighted by Crippen LogP contribution is -2.35. The Morgan fingerprint density at radius 1 is 1.00 bits per heavy atom. The van der Waals surface area contributed by atoms with Crippen LogP contribution in [0.25, 0.3) is 22.6 Å². The zero-order chi connectivity index (χ0) is 18.6. The standard InChI is InChI=1S/C19H19FN6O/c20-13-8-24-19(25-9-13)12-1-2-15(17(27)7-12)16-10-23-18(11-22-16)26-14-3-5-21-6-4-14/h1-2,7-11,14,21,27H,3-6H2,(H,23,26). The van der Waals surface area contributed by atoms with Crippen molar-refractivity contribution < 1.29 is 9.50 Å². The van der Waals surface area contributed by atoms with Crippen molar-refractivity contribution in [1.82, 2.24) is 25.3 Å². The van der Waals surface area contributed by atoms with Gasteiger partial charge < -0.3 is 15.7 Å². The Kier molecular flexibility index (Phi) is 4.88. The van der Waals surface area contributed by atoms with E-state index in [1.165, 1.54) is 6.07 Å². The molecule has 1 aromatic carbocycles. The average molecular weight is 366 g/mol. The fourth-order valence-corrected chi connectivity index (χ4v) is 3.07. The maximum Gasteiger partial charge on any atom is 0.159 e. The summed E-state index contributed by atoms with van der Waals surface area (Å²) in [6.07, 6.45) is 7.59. The van der Waals surface area contributed by atoms with Gasteiger partial charge in [0.05, 0.1) is 30.5 Å². The minimum Gasteiger partial charge on any atom is -0.507 e. The largest absolute Gasteiger partial charge is 0.507 e. The second-order valence-electron chi connectivity index (χ2n) is 6.41. The molecule has 0 saturated carbocycles. The van der Waals surface area contributed by atoms with E-state index in [4.69, 9.17) is 0 Å². The highest BCUT2D eigenvalue weighted by molar-refractivity contribution is 5.71. The molecule has 1 saturated heterocycles. The Morgan fingerprint density at radius 3 is 2.44 bits per heavy atom. The molecule has 1 aliphatic rings. The van der Waals surface area contributed by atoms with Crippen molar-refractivity contribution in [2.24, 2.45) is 0 Å². The van der Waals surface area contributed by atoms with E-state index < -0.39 is 5.82 Å². The number of benzene rings is 1. The van der Waals surface area contributed by atoms with Crippen LogP contribution < -0.4 is 10.6 Å². The summed E-state index contributed by atoms with van der Waals surface area (Å²) in [4.78, 5) is 16.7. The Hall–Kier alpha value is -3.13. The molecular formula is C19H19FN6O. The first-order valence-electron chi connectivity index (χ1n) is 8.79. The highest BCUT2D eigenvalue weighted by Crippen LogP contribution is 2.31. The first kappa shape index (κ1) is 17.3. The molecular weight excluding hydrogens is 347 g/mol. The summed E-state index contributed by atoms with van der Waals surface area (Å²) in [7, 11) is 0. The second-order valence-corrected chi connectivity index (χ2v) is 6.41. The van der Waals surface area contributed by atoms with Gasteiger partial charge in [0, 0.05) is 17.2 Å². The van der Waals surface area contributed by atoms with Crippen LogP contribution in [0.3, 0.4) is 0 Å². The average Bonchev–Trinajstić information content (AvgIpc) is 2.70. The summed E-state index contributed by atoms with van der Waals surface area (Å²) < 4.78 is 12.9. The number of phenols is 1. The number of rotatable bonds is 4. The van der Waals surface area contributed by atoms with Crippen molar-refractivity contribution >= 4 is 5.82 Å². The van der Waals surface area contributed by atoms with Crippen LogP contribution in [0.4, 0.5) is 10.2 Å². The van der Waals surface area contributed by atoms with Gasteiger partial charge in [-0.15, -0.1) is 0 Å². The van der Waals surface area contributed by atoms with Crippen LogP contribution in [0, 0.1) is 5.82 Å². The smallest absolute Gasteiger partial charge is 0.159 e. The predicted octanol–water partition coefficient (Wildman–Crippen LogP) is 2.61. The molecule has 2 aromatic heterocycles. The van der Waals surface area contributed by atoms with Gasteiger partial charge in [0.25, 0.3) is 0 Å². The van der Waals surface area contributed by atoms with Crippen molar-refractivity contribution in [1.29, 1.82) is 0 Å². The van der Waals surface area contributed by atoms with E-state index >= 15 is 0 Å². The van der Waals surface area contributed by atoms with Crippen molar-refractivity contribution in [3.63, 3.8) is 0 Å². The lowest BCUT2D eigenvalue weighted by molar-refractivity contribution is 0.477. The normalized spacial score (nSPS) is 14.9. The summed E-state index contributed by atoms with van der Waals surface area (Å²) in [5.41, 5.74) is 1.71. The summed E-state index contributed by atoms with van der Waals surface area (Å²) >= 11 is 0. The molecule has 0 bridgehead atoms. The zero-order valence-electron chi connectivity index (χ0n) is 14.6. The van der Waals surface area contributed by atoms with Crippen molar-refractivity contribution in [2.45, 2.75) is 18.9 Å². The molecule has 0 amide bonds. The van der Waals surface area contributed by atoms with Gasteiger partial charge in [-0.3, -0.25) is 4.98 Å². The van der Waals surface area contributed by atoms with Gasteiger partial charge in [-0.25, -0.2) is 19.3 Å². The van der Waals surface area contributed by atoms with E-state index in [0.717, 1.165) is 44.1 Å². The molecule has 0 radical (unpaired) electrons. The third kappa shape index (κ3) is 4.01. The number of nitrogens with zero attached hydrogens (tertiary/aromatic N) is 4. The number of nitrogens with one attached hydrogen (secondary N) is 2. The number of phenolic OH excluding ortho intramolecular Hbond substituents is 1. The van der Waals surface area contributed by atoms with E-state index in [-0.39, 0.29) is 5.75 Å². The highest BCUT2D eigenvalue weighted by Gasteiger charge is 2.14. The quantitative estimate of drug-likeness (QED) is 0.653. The molecule has 1 fully saturated rings. The molecule has 3 N–H and O–H groups in total. The Morgan fingerprint density at radius 2 is 1.78 bits per heavy atom. The number of aromatic nitrogens is 4. The van der Waals surface area contributed by atoms with E-state index in [2.05, 4.69) is 30.6 Å². The zero-order valence-corrected chi connectivity index (χ0v) is 14.6. The lowest BCUT2D eigenvalue weighted by atomic mass is 10.1. The SMILES string of the molecule is Oc1cc(-c2ncc(F)cn2)ccc1-c1cnc(NC2CCNCC2)cn1. The van der Waals surface area contributed by atoms with E-state index in [1.807, 2.05) is 0 Å². The maximum atomic E-state index is 12.9. The van der Waals surface area contributed by atoms with Gasteiger partial charge in [-0.05, 0) is 38.1 Å². The van der Waals surface area contributed by atoms with Gasteiger partial charge in [0.1, 0.15) is 11.6 Å². The van der Waals surface area contributed by atoms with Crippen molar-refractivity contribution in [3.05, 3.63) is 48.8 Å². The van der Waals surface area contributed by atoms with Gasteiger partial charge in [0.2, 0.25) is 0 Å². The van der Waals surface area contributed by atoms with Crippen LogP contribution in [0.5, 0.6) is 5.75 Å². The Bertz CT molecular complexity index is 910. The number of anilines is 1. The number of halogens is 1. The molecule has 0 atom stereocenters. The number of hydrogen-bond donors (Lipinski definition) is 3. The van der Waals surface area contributed by atoms with E-state index in [1.54, 1.807) is 24.5 Å². The number of hydrogen-bond acceptors (Lipinski definition) is 7. The van der Waals surface area contributed by atoms with E-state index in [9.17, 15) is 9.50 Å². The minimum absolute atomic E-state index is 0.0359. The van der Waals surface area contributed by atoms with Crippen molar-refractivity contribution in [2.75, 3.05) is 18.4 Å². The molecule has 27 heavy (non-hydrogen) atoms. The van der Waals surface area contributed by atoms with Crippen molar-refractivity contribution in [3.8, 4) is 28.4 Å². The summed E-state index contributed by atoms with van der Waals surface area (Å²) in [5.74, 6) is 0.592. The molecule has 0 spiro atoms. The third-order valence-electron chi connectivity index (χ3n) is 4.50. The van der Waals surface area contributed by atoms with Crippen LogP contribution >= 0.6 is 0 Å². The van der Waals surface area contributed by atoms with Crippen LogP contribution in [-0.2, 0) is 0 Å². The Labute approximate surface area is 155 Å². The van der Waals surface area contributed by atoms with Gasteiger partial charge in [0.15, 0.2) is 11.6 Å². The molecule has 138 valence electrons. The fraction of sp³-hybridized carbons (Fsp3) is 0.263. The summed E-state index contributed by atoms with van der Waals surface area (Å²) in [6.45, 7) is 2.00. The molecule has 1 aliphatic heterocycles. The molecule has 0 unspecified atom stereocenters. The van der Waals surface area contributed by atoms with Gasteiger partial charge in [-0.1, -0.05) is 6.07 Å². The molecule has 8 heteroatoms. The fourth-order valence-electron chi connectivity index (χ4n) is 3.07. The van der Waals surface area contributed by atoms with Crippen LogP contribution in [0.1, 0.15) is 12.8 Å². The monoisotopic (exact) mass is 366 g/mol. The summed E-state index contributed by atoms with van der Waals surface area (Å²) in [5, 5.41) is 17.1. The van der Waals surface area contributed by atoms with Crippen LogP contribution in [-0.4, -0.2) is 44.2 Å². The predicted molar refractivity (Wildman–Crippen MR) is 99.6 cm³/mol. The highest BCUT2D eigenvalue weighted by atomic mass is 19.1. The number of piperidine rings is 1. The minimum atomic E-state index is -0.506. The van der Waals surface area contributed by atoms with Gasteiger partial charge in [-0.2, -0.15) is 0 Å². The molecule has 3 aromatic rings. The second kappa shape index (κ2) is 7.63. The summed E-state index contributed by atoms with van der Waals surface area (Å²) in [6, 6.07) is 5.41. The van der Waals surface area contributed by atoms with Gasteiger partial charge >= 0.3 is 0 Å². The number of aromatic hydroxyl groups is 1. The third-order valence-corrected chi connectivity index (χ3v) is 4.50. The molecule has 3 heterocycles. The topological polar surface area (TPSA) is 95.9 Å². The lowest BCUT2D eigenvalue weighted by Gasteiger charge is -2.23.